The summed E-state index contributed by atoms with van der Waals surface area (Å²) in [6.07, 6.45) is -0.730. The third-order valence-corrected chi connectivity index (χ3v) is 4.93. The van der Waals surface area contributed by atoms with Gasteiger partial charge in [0.05, 0.1) is 18.4 Å². The quantitative estimate of drug-likeness (QED) is 0.942. The summed E-state index contributed by atoms with van der Waals surface area (Å²) in [5, 5.41) is 10.2. The van der Waals surface area contributed by atoms with E-state index in [2.05, 4.69) is 0 Å². The Morgan fingerprint density at radius 2 is 1.86 bits per heavy atom. The maximum absolute atomic E-state index is 13.1. The molecule has 0 aromatic heterocycles. The van der Waals surface area contributed by atoms with Crippen molar-refractivity contribution in [2.75, 3.05) is 12.3 Å². The van der Waals surface area contributed by atoms with Gasteiger partial charge < -0.3 is 10.0 Å². The zero-order valence-electron chi connectivity index (χ0n) is 11.9. The Kier molecular flexibility index (Phi) is 4.45. The van der Waals surface area contributed by atoms with Gasteiger partial charge in [0.2, 0.25) is 5.91 Å². The van der Waals surface area contributed by atoms with Crippen LogP contribution < -0.4 is 0 Å². The summed E-state index contributed by atoms with van der Waals surface area (Å²) in [5.41, 5.74) is 1.66. The van der Waals surface area contributed by atoms with Gasteiger partial charge in [0, 0.05) is 0 Å². The molecule has 1 aliphatic heterocycles. The predicted octanol–water partition coefficient (Wildman–Crippen LogP) is 3.13. The molecule has 3 nitrogen and oxygen atoms in total. The number of carbonyl (C=O) groups excluding carboxylic acids is 1. The predicted molar refractivity (Wildman–Crippen MR) is 84.7 cm³/mol. The second kappa shape index (κ2) is 6.50. The Hall–Kier alpha value is -1.85. The number of nitrogens with zero attached hydrogens (tertiary/aromatic N) is 1. The van der Waals surface area contributed by atoms with Gasteiger partial charge in [0.15, 0.2) is 0 Å². The monoisotopic (exact) mass is 317 g/mol. The van der Waals surface area contributed by atoms with Gasteiger partial charge in [-0.3, -0.25) is 4.79 Å². The van der Waals surface area contributed by atoms with Crippen molar-refractivity contribution in [2.45, 2.75) is 11.5 Å². The number of halogens is 1. The molecular formula is C17H16FNO2S. The highest BCUT2D eigenvalue weighted by Gasteiger charge is 2.34. The van der Waals surface area contributed by atoms with Crippen LogP contribution in [0.25, 0.3) is 0 Å². The fraction of sp³-hybridized carbons (Fsp3) is 0.235. The van der Waals surface area contributed by atoms with Gasteiger partial charge in [0.25, 0.3) is 0 Å². The van der Waals surface area contributed by atoms with Gasteiger partial charge in [0.1, 0.15) is 11.2 Å². The van der Waals surface area contributed by atoms with E-state index in [9.17, 15) is 14.3 Å². The number of aliphatic hydroxyl groups excluding tert-OH is 1. The van der Waals surface area contributed by atoms with Crippen LogP contribution in [-0.4, -0.2) is 28.2 Å². The molecule has 0 spiro atoms. The highest BCUT2D eigenvalue weighted by Crippen LogP contribution is 2.39. The van der Waals surface area contributed by atoms with Crippen molar-refractivity contribution in [3.63, 3.8) is 0 Å². The SMILES string of the molecule is O=C1CS[C@@H](c2ccc(F)cc2)N1C[C@@H](O)c1ccccc1. The first-order valence-electron chi connectivity index (χ1n) is 7.04. The van der Waals surface area contributed by atoms with Gasteiger partial charge in [-0.2, -0.15) is 0 Å². The van der Waals surface area contributed by atoms with Crippen LogP contribution >= 0.6 is 11.8 Å². The number of aliphatic hydroxyl groups is 1. The van der Waals surface area contributed by atoms with Crippen LogP contribution in [0.3, 0.4) is 0 Å². The van der Waals surface area contributed by atoms with E-state index >= 15 is 0 Å². The fourth-order valence-corrected chi connectivity index (χ4v) is 3.72. The molecule has 1 amide bonds. The maximum Gasteiger partial charge on any atom is 0.233 e. The van der Waals surface area contributed by atoms with E-state index in [1.165, 1.54) is 23.9 Å². The molecular weight excluding hydrogens is 301 g/mol. The average Bonchev–Trinajstić information content (AvgIpc) is 2.90. The molecule has 2 aromatic carbocycles. The van der Waals surface area contributed by atoms with Crippen LogP contribution in [-0.2, 0) is 4.79 Å². The lowest BCUT2D eigenvalue weighted by molar-refractivity contribution is -0.129. The largest absolute Gasteiger partial charge is 0.387 e. The Morgan fingerprint density at radius 1 is 1.18 bits per heavy atom. The molecule has 2 aromatic rings. The van der Waals surface area contributed by atoms with E-state index in [4.69, 9.17) is 0 Å². The highest BCUT2D eigenvalue weighted by atomic mass is 32.2. The molecule has 114 valence electrons. The topological polar surface area (TPSA) is 40.5 Å². The molecule has 1 aliphatic rings. The standard InChI is InChI=1S/C17H16FNO2S/c18-14-8-6-13(7-9-14)17-19(16(21)11-22-17)10-15(20)12-4-2-1-3-5-12/h1-9,15,17,20H,10-11H2/t15-,17+/m1/s1. The Bertz CT molecular complexity index is 647. The lowest BCUT2D eigenvalue weighted by Crippen LogP contribution is -2.32. The van der Waals surface area contributed by atoms with Crippen molar-refractivity contribution in [3.05, 3.63) is 71.5 Å². The number of β-amino-alcohol motifs (C(OH)–C–C–N with tert-alkyl or cyclic N) is 1. The first-order chi connectivity index (χ1) is 10.6. The Morgan fingerprint density at radius 3 is 2.55 bits per heavy atom. The lowest BCUT2D eigenvalue weighted by Gasteiger charge is -2.26. The first-order valence-corrected chi connectivity index (χ1v) is 8.09. The smallest absolute Gasteiger partial charge is 0.233 e. The molecule has 5 heteroatoms. The molecule has 1 heterocycles. The summed E-state index contributed by atoms with van der Waals surface area (Å²) in [5.74, 6) is 0.0760. The van der Waals surface area contributed by atoms with E-state index in [1.807, 2.05) is 30.3 Å². The molecule has 0 radical (unpaired) electrons. The third-order valence-electron chi connectivity index (χ3n) is 3.68. The molecule has 22 heavy (non-hydrogen) atoms. The lowest BCUT2D eigenvalue weighted by atomic mass is 10.1. The molecule has 1 saturated heterocycles. The number of hydrogen-bond donors (Lipinski definition) is 1. The van der Waals surface area contributed by atoms with E-state index < -0.39 is 6.10 Å². The van der Waals surface area contributed by atoms with E-state index in [-0.39, 0.29) is 23.6 Å². The van der Waals surface area contributed by atoms with Crippen LogP contribution in [0.4, 0.5) is 4.39 Å². The first kappa shape index (κ1) is 15.1. The summed E-state index contributed by atoms with van der Waals surface area (Å²) in [4.78, 5) is 13.8. The number of thioether (sulfide) groups is 1. The molecule has 0 saturated carbocycles. The van der Waals surface area contributed by atoms with E-state index in [0.717, 1.165) is 11.1 Å². The zero-order valence-corrected chi connectivity index (χ0v) is 12.7. The van der Waals surface area contributed by atoms with Crippen LogP contribution in [0.2, 0.25) is 0 Å². The number of benzene rings is 2. The van der Waals surface area contributed by atoms with Gasteiger partial charge in [-0.1, -0.05) is 42.5 Å². The fourth-order valence-electron chi connectivity index (χ4n) is 2.52. The molecule has 1 fully saturated rings. The molecule has 0 unspecified atom stereocenters. The third kappa shape index (κ3) is 3.15. The Labute approximate surface area is 132 Å². The number of amides is 1. The normalized spacial score (nSPS) is 19.5. The van der Waals surface area contributed by atoms with Crippen LogP contribution in [0.5, 0.6) is 0 Å². The van der Waals surface area contributed by atoms with Gasteiger partial charge in [-0.05, 0) is 23.3 Å². The molecule has 2 atom stereocenters. The van der Waals surface area contributed by atoms with E-state index in [1.54, 1.807) is 17.0 Å². The van der Waals surface area contributed by atoms with Crippen molar-refractivity contribution in [3.8, 4) is 0 Å². The minimum atomic E-state index is -0.730. The summed E-state index contributed by atoms with van der Waals surface area (Å²) in [7, 11) is 0. The van der Waals surface area contributed by atoms with Crippen molar-refractivity contribution in [1.82, 2.24) is 4.90 Å². The minimum absolute atomic E-state index is 0.00527. The van der Waals surface area contributed by atoms with E-state index in [0.29, 0.717) is 5.75 Å². The second-order valence-corrected chi connectivity index (χ2v) is 6.26. The summed E-state index contributed by atoms with van der Waals surface area (Å²) < 4.78 is 13.1. The second-order valence-electron chi connectivity index (χ2n) is 5.19. The highest BCUT2D eigenvalue weighted by molar-refractivity contribution is 8.00. The maximum atomic E-state index is 13.1. The molecule has 0 aliphatic carbocycles. The van der Waals surface area contributed by atoms with Gasteiger partial charge in [-0.25, -0.2) is 4.39 Å². The molecule has 3 rings (SSSR count). The van der Waals surface area contributed by atoms with Crippen molar-refractivity contribution < 1.29 is 14.3 Å². The summed E-state index contributed by atoms with van der Waals surface area (Å²) in [6, 6.07) is 15.4. The number of carbonyl (C=O) groups is 1. The average molecular weight is 317 g/mol. The summed E-state index contributed by atoms with van der Waals surface area (Å²) >= 11 is 1.50. The zero-order chi connectivity index (χ0) is 15.5. The number of hydrogen-bond acceptors (Lipinski definition) is 3. The van der Waals surface area contributed by atoms with Gasteiger partial charge >= 0.3 is 0 Å². The number of rotatable bonds is 4. The summed E-state index contributed by atoms with van der Waals surface area (Å²) in [6.45, 7) is 0.234. The Balaban J connectivity index is 1.78. The minimum Gasteiger partial charge on any atom is -0.387 e. The van der Waals surface area contributed by atoms with Gasteiger partial charge in [-0.15, -0.1) is 11.8 Å². The van der Waals surface area contributed by atoms with Crippen LogP contribution in [0.15, 0.2) is 54.6 Å². The van der Waals surface area contributed by atoms with Crippen LogP contribution in [0.1, 0.15) is 22.6 Å². The van der Waals surface area contributed by atoms with Crippen LogP contribution in [0, 0.1) is 5.82 Å². The molecule has 0 bridgehead atoms. The van der Waals surface area contributed by atoms with Crippen molar-refractivity contribution >= 4 is 17.7 Å². The van der Waals surface area contributed by atoms with Crippen molar-refractivity contribution in [1.29, 1.82) is 0 Å². The molecule has 1 N–H and O–H groups in total. The van der Waals surface area contributed by atoms with Crippen molar-refractivity contribution in [2.24, 2.45) is 0 Å².